The lowest BCUT2D eigenvalue weighted by molar-refractivity contribution is 0.0949. The summed E-state index contributed by atoms with van der Waals surface area (Å²) in [6, 6.07) is 9.45. The molecule has 1 aromatic carbocycles. The molecule has 0 aliphatic heterocycles. The van der Waals surface area contributed by atoms with Crippen molar-refractivity contribution in [1.29, 1.82) is 0 Å². The molecule has 1 amide bonds. The predicted molar refractivity (Wildman–Crippen MR) is 94.4 cm³/mol. The Bertz CT molecular complexity index is 678. The van der Waals surface area contributed by atoms with Crippen molar-refractivity contribution in [3.63, 3.8) is 0 Å². The Labute approximate surface area is 142 Å². The Morgan fingerprint density at radius 3 is 2.50 bits per heavy atom. The van der Waals surface area contributed by atoms with Crippen molar-refractivity contribution in [3.05, 3.63) is 47.9 Å². The lowest BCUT2D eigenvalue weighted by Gasteiger charge is -2.21. The smallest absolute Gasteiger partial charge is 0.270 e. The Hall–Kier alpha value is -2.63. The molecule has 2 rings (SSSR count). The van der Waals surface area contributed by atoms with E-state index in [-0.39, 0.29) is 11.4 Å². The Kier molecular flexibility index (Phi) is 5.73. The summed E-state index contributed by atoms with van der Waals surface area (Å²) in [6.07, 6.45) is 2.14. The Morgan fingerprint density at radius 2 is 1.88 bits per heavy atom. The number of aromatic nitrogens is 2. The van der Waals surface area contributed by atoms with Gasteiger partial charge in [0.2, 0.25) is 0 Å². The number of anilines is 1. The number of carbonyl (C=O) groups is 1. The van der Waals surface area contributed by atoms with E-state index in [2.05, 4.69) is 20.6 Å². The van der Waals surface area contributed by atoms with Gasteiger partial charge in [0, 0.05) is 18.2 Å². The minimum atomic E-state index is -0.206. The van der Waals surface area contributed by atoms with Crippen LogP contribution in [0.15, 0.2) is 36.7 Å². The van der Waals surface area contributed by atoms with Crippen LogP contribution in [0.4, 0.5) is 5.82 Å². The van der Waals surface area contributed by atoms with E-state index >= 15 is 0 Å². The summed E-state index contributed by atoms with van der Waals surface area (Å²) < 4.78 is 5.13. The first kappa shape index (κ1) is 17.7. The van der Waals surface area contributed by atoms with E-state index in [1.165, 1.54) is 6.33 Å². The first-order chi connectivity index (χ1) is 11.4. The third kappa shape index (κ3) is 5.53. The minimum absolute atomic E-state index is 0.129. The van der Waals surface area contributed by atoms with Crippen molar-refractivity contribution in [1.82, 2.24) is 15.3 Å². The molecule has 0 aliphatic rings. The molecule has 0 fully saturated rings. The zero-order valence-corrected chi connectivity index (χ0v) is 14.6. The van der Waals surface area contributed by atoms with Crippen LogP contribution in [0.1, 0.15) is 36.8 Å². The average molecular weight is 328 g/mol. The molecule has 1 heterocycles. The van der Waals surface area contributed by atoms with Crippen LogP contribution in [0, 0.1) is 0 Å². The van der Waals surface area contributed by atoms with Crippen LogP contribution in [-0.4, -0.2) is 35.1 Å². The lowest BCUT2D eigenvalue weighted by Crippen LogP contribution is -2.29. The molecule has 128 valence electrons. The van der Waals surface area contributed by atoms with Gasteiger partial charge < -0.3 is 15.4 Å². The second-order valence-corrected chi connectivity index (χ2v) is 6.52. The van der Waals surface area contributed by atoms with E-state index in [0.717, 1.165) is 17.7 Å². The van der Waals surface area contributed by atoms with Gasteiger partial charge in [-0.3, -0.25) is 4.79 Å². The zero-order chi connectivity index (χ0) is 17.6. The van der Waals surface area contributed by atoms with Gasteiger partial charge in [0.05, 0.1) is 7.11 Å². The van der Waals surface area contributed by atoms with Crippen molar-refractivity contribution >= 4 is 11.7 Å². The van der Waals surface area contributed by atoms with Crippen molar-refractivity contribution < 1.29 is 9.53 Å². The molecule has 0 aliphatic carbocycles. The maximum atomic E-state index is 12.2. The van der Waals surface area contributed by atoms with Gasteiger partial charge in [0.15, 0.2) is 0 Å². The van der Waals surface area contributed by atoms with Crippen LogP contribution in [-0.2, 0) is 6.42 Å². The summed E-state index contributed by atoms with van der Waals surface area (Å²) in [5, 5.41) is 6.10. The van der Waals surface area contributed by atoms with Gasteiger partial charge in [-0.2, -0.15) is 0 Å². The van der Waals surface area contributed by atoms with Crippen molar-refractivity contribution in [2.45, 2.75) is 32.7 Å². The first-order valence-electron chi connectivity index (χ1n) is 7.89. The van der Waals surface area contributed by atoms with E-state index < -0.39 is 0 Å². The number of ether oxygens (including phenoxy) is 1. The molecule has 0 saturated heterocycles. The summed E-state index contributed by atoms with van der Waals surface area (Å²) in [5.74, 6) is 1.25. The molecule has 2 aromatic rings. The van der Waals surface area contributed by atoms with Gasteiger partial charge in [-0.1, -0.05) is 12.1 Å². The summed E-state index contributed by atoms with van der Waals surface area (Å²) in [7, 11) is 1.64. The van der Waals surface area contributed by atoms with Crippen LogP contribution >= 0.6 is 0 Å². The van der Waals surface area contributed by atoms with E-state index in [9.17, 15) is 4.79 Å². The predicted octanol–water partition coefficient (Wildman–Crippen LogP) is 2.67. The second-order valence-electron chi connectivity index (χ2n) is 6.52. The number of nitrogens with zero attached hydrogens (tertiary/aromatic N) is 2. The SMILES string of the molecule is COc1ccc(CCNC(=O)c2cc(NC(C)(C)C)ncn2)cc1. The normalized spacial score (nSPS) is 11.0. The summed E-state index contributed by atoms with van der Waals surface area (Å²) in [5.41, 5.74) is 1.36. The molecule has 6 heteroatoms. The Balaban J connectivity index is 1.89. The summed E-state index contributed by atoms with van der Waals surface area (Å²) in [4.78, 5) is 20.4. The molecule has 24 heavy (non-hydrogen) atoms. The number of benzene rings is 1. The summed E-state index contributed by atoms with van der Waals surface area (Å²) in [6.45, 7) is 6.63. The van der Waals surface area contributed by atoms with Crippen LogP contribution in [0.2, 0.25) is 0 Å². The molecule has 1 aromatic heterocycles. The quantitative estimate of drug-likeness (QED) is 0.852. The van der Waals surface area contributed by atoms with Gasteiger partial charge >= 0.3 is 0 Å². The third-order valence-electron chi connectivity index (χ3n) is 3.26. The molecular weight excluding hydrogens is 304 g/mol. The third-order valence-corrected chi connectivity index (χ3v) is 3.26. The fourth-order valence-corrected chi connectivity index (χ4v) is 2.14. The van der Waals surface area contributed by atoms with E-state index in [4.69, 9.17) is 4.74 Å². The fraction of sp³-hybridized carbons (Fsp3) is 0.389. The number of rotatable bonds is 6. The first-order valence-corrected chi connectivity index (χ1v) is 7.89. The number of carbonyl (C=O) groups excluding carboxylic acids is 1. The monoisotopic (exact) mass is 328 g/mol. The van der Waals surface area contributed by atoms with E-state index in [1.807, 2.05) is 45.0 Å². The topological polar surface area (TPSA) is 76.1 Å². The number of hydrogen-bond donors (Lipinski definition) is 2. The maximum Gasteiger partial charge on any atom is 0.270 e. The standard InChI is InChI=1S/C18H24N4O2/c1-18(2,3)22-16-11-15(20-12-21-16)17(23)19-10-9-13-5-7-14(24-4)8-6-13/h5-8,11-12H,9-10H2,1-4H3,(H,19,23)(H,20,21,22). The molecular formula is C18H24N4O2. The largest absolute Gasteiger partial charge is 0.497 e. The molecule has 0 atom stereocenters. The molecule has 0 saturated carbocycles. The van der Waals surface area contributed by atoms with E-state index in [0.29, 0.717) is 18.1 Å². The molecule has 6 nitrogen and oxygen atoms in total. The number of amides is 1. The minimum Gasteiger partial charge on any atom is -0.497 e. The molecule has 0 spiro atoms. The van der Waals surface area contributed by atoms with Gasteiger partial charge in [-0.15, -0.1) is 0 Å². The zero-order valence-electron chi connectivity index (χ0n) is 14.6. The van der Waals surface area contributed by atoms with Crippen molar-refractivity contribution in [2.24, 2.45) is 0 Å². The highest BCUT2D eigenvalue weighted by Crippen LogP contribution is 2.13. The number of methoxy groups -OCH3 is 1. The van der Waals surface area contributed by atoms with Gasteiger partial charge in [0.25, 0.3) is 5.91 Å². The van der Waals surface area contributed by atoms with Gasteiger partial charge in [0.1, 0.15) is 23.6 Å². The molecule has 0 unspecified atom stereocenters. The van der Waals surface area contributed by atoms with Crippen LogP contribution in [0.3, 0.4) is 0 Å². The van der Waals surface area contributed by atoms with Gasteiger partial charge in [-0.25, -0.2) is 9.97 Å². The highest BCUT2D eigenvalue weighted by molar-refractivity contribution is 5.92. The molecule has 0 radical (unpaired) electrons. The van der Waals surface area contributed by atoms with Crippen LogP contribution < -0.4 is 15.4 Å². The number of hydrogen-bond acceptors (Lipinski definition) is 5. The van der Waals surface area contributed by atoms with Crippen LogP contribution in [0.5, 0.6) is 5.75 Å². The van der Waals surface area contributed by atoms with Crippen molar-refractivity contribution in [2.75, 3.05) is 19.0 Å². The molecule has 0 bridgehead atoms. The average Bonchev–Trinajstić information content (AvgIpc) is 2.54. The second kappa shape index (κ2) is 7.77. The maximum absolute atomic E-state index is 12.2. The highest BCUT2D eigenvalue weighted by Gasteiger charge is 2.13. The Morgan fingerprint density at radius 1 is 1.17 bits per heavy atom. The lowest BCUT2D eigenvalue weighted by atomic mass is 10.1. The number of nitrogens with one attached hydrogen (secondary N) is 2. The molecule has 2 N–H and O–H groups in total. The summed E-state index contributed by atoms with van der Waals surface area (Å²) >= 11 is 0. The fourth-order valence-electron chi connectivity index (χ4n) is 2.14. The highest BCUT2D eigenvalue weighted by atomic mass is 16.5. The van der Waals surface area contributed by atoms with Crippen molar-refractivity contribution in [3.8, 4) is 5.75 Å². The van der Waals surface area contributed by atoms with Crippen LogP contribution in [0.25, 0.3) is 0 Å². The van der Waals surface area contributed by atoms with Gasteiger partial charge in [-0.05, 0) is 44.9 Å². The van der Waals surface area contributed by atoms with E-state index in [1.54, 1.807) is 13.2 Å².